The Bertz CT molecular complexity index is 1250. The van der Waals surface area contributed by atoms with Gasteiger partial charge in [-0.15, -0.1) is 11.3 Å². The van der Waals surface area contributed by atoms with Crippen LogP contribution in [0.15, 0.2) is 58.3 Å². The van der Waals surface area contributed by atoms with Crippen LogP contribution >= 0.6 is 11.3 Å². The van der Waals surface area contributed by atoms with Gasteiger partial charge in [0.05, 0.1) is 19.8 Å². The number of nitrogens with one attached hydrogen (secondary N) is 1. The van der Waals surface area contributed by atoms with Crippen molar-refractivity contribution in [1.29, 1.82) is 0 Å². The second kappa shape index (κ2) is 12.7. The van der Waals surface area contributed by atoms with Gasteiger partial charge in [0.1, 0.15) is 5.76 Å². The molecule has 1 aliphatic carbocycles. The first kappa shape index (κ1) is 28.6. The molecule has 40 heavy (non-hydrogen) atoms. The van der Waals surface area contributed by atoms with Gasteiger partial charge >= 0.3 is 0 Å². The molecule has 3 aromatic rings. The summed E-state index contributed by atoms with van der Waals surface area (Å²) < 4.78 is 11.6. The normalized spacial score (nSPS) is 17.9. The fourth-order valence-electron chi connectivity index (χ4n) is 5.66. The number of thiophene rings is 1. The van der Waals surface area contributed by atoms with E-state index >= 15 is 0 Å². The van der Waals surface area contributed by atoms with Crippen molar-refractivity contribution in [3.63, 3.8) is 0 Å². The van der Waals surface area contributed by atoms with Gasteiger partial charge in [0.25, 0.3) is 5.91 Å². The number of ether oxygens (including phenoxy) is 1. The number of benzene rings is 1. The molecule has 0 radical (unpaired) electrons. The lowest BCUT2D eigenvalue weighted by atomic mass is 9.84. The van der Waals surface area contributed by atoms with Crippen molar-refractivity contribution in [2.75, 3.05) is 31.2 Å². The van der Waals surface area contributed by atoms with Crippen LogP contribution in [-0.4, -0.2) is 48.6 Å². The summed E-state index contributed by atoms with van der Waals surface area (Å²) in [5, 5.41) is 5.05. The van der Waals surface area contributed by atoms with Crippen molar-refractivity contribution in [3.05, 3.63) is 75.9 Å². The average molecular weight is 564 g/mol. The van der Waals surface area contributed by atoms with Crippen molar-refractivity contribution < 1.29 is 18.7 Å². The Labute approximate surface area is 241 Å². The molecular weight excluding hydrogens is 522 g/mol. The molecule has 3 heterocycles. The summed E-state index contributed by atoms with van der Waals surface area (Å²) in [6.07, 6.45) is 6.22. The van der Waals surface area contributed by atoms with Crippen LogP contribution < -0.4 is 10.2 Å². The van der Waals surface area contributed by atoms with Crippen LogP contribution in [-0.2, 0) is 16.1 Å². The highest BCUT2D eigenvalue weighted by atomic mass is 32.1. The molecule has 1 atom stereocenters. The van der Waals surface area contributed by atoms with Crippen molar-refractivity contribution >= 4 is 28.8 Å². The number of morpholine rings is 1. The summed E-state index contributed by atoms with van der Waals surface area (Å²) in [4.78, 5) is 32.8. The van der Waals surface area contributed by atoms with Gasteiger partial charge in [-0.25, -0.2) is 0 Å². The molecule has 1 aliphatic heterocycles. The van der Waals surface area contributed by atoms with Gasteiger partial charge in [-0.3, -0.25) is 19.4 Å². The van der Waals surface area contributed by atoms with Crippen molar-refractivity contribution in [2.45, 2.75) is 76.9 Å². The number of hydrogen-bond acceptors (Lipinski definition) is 6. The molecule has 5 rings (SSSR count). The number of carbonyl (C=O) groups excluding carboxylic acids is 2. The Kier molecular flexibility index (Phi) is 9.08. The molecule has 1 N–H and O–H groups in total. The lowest BCUT2D eigenvalue weighted by molar-refractivity contribution is -0.123. The van der Waals surface area contributed by atoms with Crippen LogP contribution in [0, 0.1) is 0 Å². The molecule has 8 heteroatoms. The first-order valence-electron chi connectivity index (χ1n) is 14.5. The Hall–Kier alpha value is -2.94. The second-order valence-electron chi connectivity index (χ2n) is 11.9. The third-order valence-corrected chi connectivity index (χ3v) is 8.56. The van der Waals surface area contributed by atoms with Gasteiger partial charge in [0, 0.05) is 29.2 Å². The van der Waals surface area contributed by atoms with E-state index in [1.165, 1.54) is 49.0 Å². The fourth-order valence-corrected chi connectivity index (χ4v) is 6.47. The first-order valence-corrected chi connectivity index (χ1v) is 15.3. The van der Waals surface area contributed by atoms with E-state index in [0.717, 1.165) is 23.7 Å². The van der Waals surface area contributed by atoms with E-state index in [-0.39, 0.29) is 17.6 Å². The second-order valence-corrected chi connectivity index (χ2v) is 12.9. The third kappa shape index (κ3) is 7.03. The average Bonchev–Trinajstić information content (AvgIpc) is 3.64. The molecule has 2 amide bonds. The molecule has 0 unspecified atom stereocenters. The van der Waals surface area contributed by atoms with Crippen molar-refractivity contribution in [1.82, 2.24) is 10.2 Å². The van der Waals surface area contributed by atoms with E-state index in [0.29, 0.717) is 31.4 Å². The summed E-state index contributed by atoms with van der Waals surface area (Å²) >= 11 is 1.47. The van der Waals surface area contributed by atoms with Crippen LogP contribution in [0.3, 0.4) is 0 Å². The molecular formula is C32H41N3O4S. The van der Waals surface area contributed by atoms with E-state index in [1.54, 1.807) is 11.0 Å². The zero-order chi connectivity index (χ0) is 28.1. The molecule has 1 saturated heterocycles. The van der Waals surface area contributed by atoms with E-state index in [2.05, 4.69) is 22.3 Å². The van der Waals surface area contributed by atoms with Gasteiger partial charge < -0.3 is 14.5 Å². The molecule has 1 saturated carbocycles. The van der Waals surface area contributed by atoms with Gasteiger partial charge in [-0.05, 0) is 80.8 Å². The lowest BCUT2D eigenvalue weighted by Crippen LogP contribution is -2.49. The van der Waals surface area contributed by atoms with Gasteiger partial charge in [-0.2, -0.15) is 0 Å². The molecule has 214 valence electrons. The van der Waals surface area contributed by atoms with Crippen molar-refractivity contribution in [2.24, 2.45) is 0 Å². The molecule has 7 nitrogen and oxygen atoms in total. The van der Waals surface area contributed by atoms with E-state index in [4.69, 9.17) is 9.15 Å². The Morgan fingerprint density at radius 3 is 2.40 bits per heavy atom. The highest BCUT2D eigenvalue weighted by Gasteiger charge is 2.37. The number of amides is 2. The smallest absolute Gasteiger partial charge is 0.295 e. The minimum Gasteiger partial charge on any atom is -0.455 e. The molecule has 0 spiro atoms. The fraction of sp³-hybridized carbons (Fsp3) is 0.500. The van der Waals surface area contributed by atoms with Gasteiger partial charge in [-0.1, -0.05) is 37.5 Å². The molecule has 1 aromatic carbocycles. The Balaban J connectivity index is 1.49. The van der Waals surface area contributed by atoms with Crippen LogP contribution in [0.2, 0.25) is 0 Å². The SMILES string of the molecule is CC(C)(C)NC(=O)[C@@H](c1cccs1)N(C(=O)c1ccc(CN2CCOCC2)o1)c1ccc(C2CCCCC2)cc1. The summed E-state index contributed by atoms with van der Waals surface area (Å²) in [6, 6.07) is 14.8. The number of carbonyl (C=O) groups is 2. The van der Waals surface area contributed by atoms with Crippen LogP contribution in [0.1, 0.15) is 91.6 Å². The van der Waals surface area contributed by atoms with E-state index < -0.39 is 11.6 Å². The predicted octanol–water partition coefficient (Wildman–Crippen LogP) is 6.52. The predicted molar refractivity (Wildman–Crippen MR) is 159 cm³/mol. The Morgan fingerprint density at radius 1 is 1.02 bits per heavy atom. The largest absolute Gasteiger partial charge is 0.455 e. The minimum absolute atomic E-state index is 0.222. The zero-order valence-corrected chi connectivity index (χ0v) is 24.7. The maximum atomic E-state index is 14.3. The summed E-state index contributed by atoms with van der Waals surface area (Å²) in [5.74, 6) is 0.951. The molecule has 2 fully saturated rings. The summed E-state index contributed by atoms with van der Waals surface area (Å²) in [5.41, 5.74) is 1.52. The number of nitrogens with zero attached hydrogens (tertiary/aromatic N) is 2. The van der Waals surface area contributed by atoms with Gasteiger partial charge in [0.2, 0.25) is 5.91 Å². The highest BCUT2D eigenvalue weighted by molar-refractivity contribution is 7.10. The lowest BCUT2D eigenvalue weighted by Gasteiger charge is -2.33. The number of anilines is 1. The molecule has 0 bridgehead atoms. The standard InChI is InChI=1S/C32H41N3O4S/c1-32(2,3)33-30(36)29(28-10-7-21-40-28)35(25-13-11-24(12-14-25)23-8-5-4-6-9-23)31(37)27-16-15-26(39-27)22-34-17-19-38-20-18-34/h7,10-16,21,23,29H,4-6,8-9,17-20,22H2,1-3H3,(H,33,36)/t29-/m1/s1. The third-order valence-electron chi connectivity index (χ3n) is 7.64. The monoisotopic (exact) mass is 563 g/mol. The summed E-state index contributed by atoms with van der Waals surface area (Å²) in [6.45, 7) is 9.52. The van der Waals surface area contributed by atoms with Crippen LogP contribution in [0.25, 0.3) is 0 Å². The van der Waals surface area contributed by atoms with Crippen LogP contribution in [0.5, 0.6) is 0 Å². The number of furan rings is 1. The van der Waals surface area contributed by atoms with E-state index in [9.17, 15) is 9.59 Å². The minimum atomic E-state index is -0.833. The highest BCUT2D eigenvalue weighted by Crippen LogP contribution is 2.36. The zero-order valence-electron chi connectivity index (χ0n) is 23.9. The quantitative estimate of drug-likeness (QED) is 0.338. The summed E-state index contributed by atoms with van der Waals surface area (Å²) in [7, 11) is 0. The number of rotatable bonds is 8. The first-order chi connectivity index (χ1) is 19.3. The molecule has 2 aromatic heterocycles. The van der Waals surface area contributed by atoms with E-state index in [1.807, 2.05) is 56.5 Å². The topological polar surface area (TPSA) is 75.0 Å². The van der Waals surface area contributed by atoms with Crippen LogP contribution in [0.4, 0.5) is 5.69 Å². The van der Waals surface area contributed by atoms with Crippen molar-refractivity contribution in [3.8, 4) is 0 Å². The Morgan fingerprint density at radius 2 is 1.75 bits per heavy atom. The maximum Gasteiger partial charge on any atom is 0.295 e. The van der Waals surface area contributed by atoms with Gasteiger partial charge in [0.15, 0.2) is 11.8 Å². The maximum absolute atomic E-state index is 14.3. The number of hydrogen-bond donors (Lipinski definition) is 1. The molecule has 2 aliphatic rings.